The number of hydrogen-bond donors (Lipinski definition) is 4. The molecule has 32 heavy (non-hydrogen) atoms. The highest BCUT2D eigenvalue weighted by molar-refractivity contribution is 14.0. The van der Waals surface area contributed by atoms with E-state index < -0.39 is 0 Å². The Labute approximate surface area is 211 Å². The summed E-state index contributed by atoms with van der Waals surface area (Å²) in [5, 5.41) is 19.5. The minimum Gasteiger partial charge on any atom is -0.508 e. The van der Waals surface area contributed by atoms with Crippen LogP contribution in [0.3, 0.4) is 0 Å². The van der Waals surface area contributed by atoms with E-state index in [1.165, 1.54) is 17.7 Å². The van der Waals surface area contributed by atoms with Crippen molar-refractivity contribution in [3.8, 4) is 5.75 Å². The number of nitrogens with one attached hydrogen (secondary N) is 3. The number of likely N-dealkylation sites (tertiary alicyclic amines) is 1. The van der Waals surface area contributed by atoms with Crippen LogP contribution in [0.25, 0.3) is 0 Å². The van der Waals surface area contributed by atoms with Crippen LogP contribution in [0, 0.1) is 0 Å². The van der Waals surface area contributed by atoms with Gasteiger partial charge in [-0.2, -0.15) is 0 Å². The van der Waals surface area contributed by atoms with Crippen molar-refractivity contribution in [2.75, 3.05) is 31.5 Å². The lowest BCUT2D eigenvalue weighted by Gasteiger charge is -2.33. The summed E-state index contributed by atoms with van der Waals surface area (Å²) in [5.41, 5.74) is 1.90. The van der Waals surface area contributed by atoms with E-state index >= 15 is 0 Å². The Hall–Kier alpha value is -2.04. The van der Waals surface area contributed by atoms with Gasteiger partial charge in [0.2, 0.25) is 5.91 Å². The fraction of sp³-hybridized carbons (Fsp3) is 0.391. The zero-order valence-corrected chi connectivity index (χ0v) is 21.3. The van der Waals surface area contributed by atoms with E-state index in [4.69, 9.17) is 11.6 Å². The molecular formula is C23H31ClIN5O2. The van der Waals surface area contributed by atoms with Crippen molar-refractivity contribution in [3.05, 3.63) is 59.1 Å². The summed E-state index contributed by atoms with van der Waals surface area (Å²) < 4.78 is 0. The molecule has 7 nitrogen and oxygen atoms in total. The van der Waals surface area contributed by atoms with Crippen LogP contribution in [0.15, 0.2) is 53.5 Å². The van der Waals surface area contributed by atoms with Gasteiger partial charge in [-0.1, -0.05) is 23.7 Å². The van der Waals surface area contributed by atoms with Crippen molar-refractivity contribution in [1.29, 1.82) is 0 Å². The SMILES string of the molecule is CCNC(=NCC(=O)Nc1ccc(O)cc1)NC1CCN(Cc2ccc(Cl)cc2)CC1.I. The lowest BCUT2D eigenvalue weighted by Crippen LogP contribution is -2.48. The number of phenols is 1. The number of carbonyl (C=O) groups is 1. The van der Waals surface area contributed by atoms with Gasteiger partial charge < -0.3 is 21.1 Å². The number of nitrogens with zero attached hydrogens (tertiary/aromatic N) is 2. The average Bonchev–Trinajstić information content (AvgIpc) is 2.77. The summed E-state index contributed by atoms with van der Waals surface area (Å²) in [4.78, 5) is 19.0. The number of carbonyl (C=O) groups excluding carboxylic acids is 1. The van der Waals surface area contributed by atoms with Crippen LogP contribution in [0.1, 0.15) is 25.3 Å². The van der Waals surface area contributed by atoms with E-state index in [9.17, 15) is 9.90 Å². The fourth-order valence-electron chi connectivity index (χ4n) is 3.49. The fourth-order valence-corrected chi connectivity index (χ4v) is 3.62. The molecule has 0 saturated carbocycles. The molecule has 1 amide bonds. The maximum Gasteiger partial charge on any atom is 0.246 e. The molecule has 0 aromatic heterocycles. The number of phenolic OH excluding ortho intramolecular Hbond substituents is 1. The quantitative estimate of drug-likeness (QED) is 0.176. The third-order valence-electron chi connectivity index (χ3n) is 5.12. The molecule has 1 saturated heterocycles. The molecule has 1 aliphatic rings. The number of hydrogen-bond acceptors (Lipinski definition) is 4. The number of rotatable bonds is 7. The van der Waals surface area contributed by atoms with Gasteiger partial charge in [0.15, 0.2) is 5.96 Å². The molecular weight excluding hydrogens is 541 g/mol. The first-order valence-electron chi connectivity index (χ1n) is 10.6. The monoisotopic (exact) mass is 571 g/mol. The molecule has 0 atom stereocenters. The third kappa shape index (κ3) is 8.84. The summed E-state index contributed by atoms with van der Waals surface area (Å²) in [5.74, 6) is 0.606. The van der Waals surface area contributed by atoms with Crippen molar-refractivity contribution >= 4 is 53.1 Å². The molecule has 4 N–H and O–H groups in total. The van der Waals surface area contributed by atoms with Crippen LogP contribution >= 0.6 is 35.6 Å². The lowest BCUT2D eigenvalue weighted by molar-refractivity contribution is -0.114. The number of benzene rings is 2. The second-order valence-electron chi connectivity index (χ2n) is 7.61. The van der Waals surface area contributed by atoms with Gasteiger partial charge >= 0.3 is 0 Å². The van der Waals surface area contributed by atoms with Gasteiger partial charge in [-0.25, -0.2) is 4.99 Å². The van der Waals surface area contributed by atoms with Crippen molar-refractivity contribution in [2.24, 2.45) is 4.99 Å². The minimum absolute atomic E-state index is 0. The van der Waals surface area contributed by atoms with E-state index in [-0.39, 0.29) is 42.2 Å². The Balaban J connectivity index is 0.00000363. The topological polar surface area (TPSA) is 89.0 Å². The number of guanidine groups is 1. The molecule has 3 rings (SSSR count). The smallest absolute Gasteiger partial charge is 0.246 e. The van der Waals surface area contributed by atoms with Gasteiger partial charge in [0, 0.05) is 42.9 Å². The Morgan fingerprint density at radius 2 is 1.78 bits per heavy atom. The van der Waals surface area contributed by atoms with Crippen molar-refractivity contribution < 1.29 is 9.90 Å². The second kappa shape index (κ2) is 13.5. The van der Waals surface area contributed by atoms with Gasteiger partial charge in [0.05, 0.1) is 0 Å². The van der Waals surface area contributed by atoms with Crippen molar-refractivity contribution in [3.63, 3.8) is 0 Å². The number of amides is 1. The molecule has 0 bridgehead atoms. The van der Waals surface area contributed by atoms with Crippen LogP contribution in [-0.4, -0.2) is 54.1 Å². The van der Waals surface area contributed by atoms with E-state index in [1.54, 1.807) is 12.1 Å². The molecule has 0 unspecified atom stereocenters. The number of halogens is 2. The predicted octanol–water partition coefficient (Wildman–Crippen LogP) is 3.82. The van der Waals surface area contributed by atoms with E-state index in [0.717, 1.165) is 44.0 Å². The highest BCUT2D eigenvalue weighted by atomic mass is 127. The first-order valence-corrected chi connectivity index (χ1v) is 11.0. The summed E-state index contributed by atoms with van der Waals surface area (Å²) in [6.07, 6.45) is 2.02. The Bertz CT molecular complexity index is 869. The standard InChI is InChI=1S/C23H30ClN5O2.HI/c1-2-25-23(26-15-22(31)27-19-7-9-21(30)10-8-19)28-20-11-13-29(14-12-20)16-17-3-5-18(24)6-4-17;/h3-10,20,30H,2,11-16H2,1H3,(H,27,31)(H2,25,26,28);1H. The van der Waals surface area contributed by atoms with Crippen LogP contribution < -0.4 is 16.0 Å². The normalized spacial score (nSPS) is 15.0. The van der Waals surface area contributed by atoms with E-state index in [1.807, 2.05) is 19.1 Å². The first kappa shape index (κ1) is 26.2. The summed E-state index contributed by atoms with van der Waals surface area (Å²) in [6.45, 7) is 5.67. The Kier molecular flexibility index (Phi) is 11.1. The van der Waals surface area contributed by atoms with Crippen LogP contribution in [0.4, 0.5) is 5.69 Å². The average molecular weight is 572 g/mol. The maximum atomic E-state index is 12.2. The van der Waals surface area contributed by atoms with Gasteiger partial charge in [0.25, 0.3) is 0 Å². The zero-order chi connectivity index (χ0) is 22.1. The molecule has 174 valence electrons. The molecule has 1 fully saturated rings. The molecule has 9 heteroatoms. The van der Waals surface area contributed by atoms with E-state index in [0.29, 0.717) is 17.7 Å². The van der Waals surface area contributed by atoms with Gasteiger partial charge in [-0.15, -0.1) is 24.0 Å². The number of piperidine rings is 1. The second-order valence-corrected chi connectivity index (χ2v) is 8.05. The maximum absolute atomic E-state index is 12.2. The van der Waals surface area contributed by atoms with Crippen LogP contribution in [0.2, 0.25) is 5.02 Å². The summed E-state index contributed by atoms with van der Waals surface area (Å²) in [6, 6.07) is 14.7. The molecule has 1 heterocycles. The molecule has 0 spiro atoms. The number of aromatic hydroxyl groups is 1. The largest absolute Gasteiger partial charge is 0.508 e. The first-order chi connectivity index (χ1) is 15.0. The van der Waals surface area contributed by atoms with Gasteiger partial charge in [-0.05, 0) is 61.7 Å². The highest BCUT2D eigenvalue weighted by Crippen LogP contribution is 2.16. The number of anilines is 1. The predicted molar refractivity (Wildman–Crippen MR) is 141 cm³/mol. The molecule has 1 aliphatic heterocycles. The zero-order valence-electron chi connectivity index (χ0n) is 18.2. The van der Waals surface area contributed by atoms with Gasteiger partial charge in [-0.3, -0.25) is 9.69 Å². The van der Waals surface area contributed by atoms with E-state index in [2.05, 4.69) is 38.0 Å². The van der Waals surface area contributed by atoms with Gasteiger partial charge in [0.1, 0.15) is 12.3 Å². The third-order valence-corrected chi connectivity index (χ3v) is 5.38. The Morgan fingerprint density at radius 3 is 2.41 bits per heavy atom. The van der Waals surface area contributed by atoms with Crippen molar-refractivity contribution in [2.45, 2.75) is 32.4 Å². The highest BCUT2D eigenvalue weighted by Gasteiger charge is 2.20. The molecule has 2 aromatic carbocycles. The van der Waals surface area contributed by atoms with Crippen molar-refractivity contribution in [1.82, 2.24) is 15.5 Å². The summed E-state index contributed by atoms with van der Waals surface area (Å²) >= 11 is 5.97. The lowest BCUT2D eigenvalue weighted by atomic mass is 10.0. The molecule has 0 aliphatic carbocycles. The minimum atomic E-state index is -0.208. The molecule has 0 radical (unpaired) electrons. The molecule has 2 aromatic rings. The van der Waals surface area contributed by atoms with Crippen LogP contribution in [0.5, 0.6) is 5.75 Å². The summed E-state index contributed by atoms with van der Waals surface area (Å²) in [7, 11) is 0. The Morgan fingerprint density at radius 1 is 1.12 bits per heavy atom. The number of aliphatic imine (C=N–C) groups is 1. The van der Waals surface area contributed by atoms with Crippen LogP contribution in [-0.2, 0) is 11.3 Å².